The van der Waals surface area contributed by atoms with E-state index in [-0.39, 0.29) is 6.04 Å². The van der Waals surface area contributed by atoms with Crippen molar-refractivity contribution in [3.63, 3.8) is 0 Å². The van der Waals surface area contributed by atoms with Crippen LogP contribution in [0.1, 0.15) is 39.0 Å². The predicted octanol–water partition coefficient (Wildman–Crippen LogP) is 1.48. The Labute approximate surface area is 68.2 Å². The fraction of sp³-hybridized carbons (Fsp3) is 0.889. The summed E-state index contributed by atoms with van der Waals surface area (Å²) in [4.78, 5) is 11.1. The third-order valence-electron chi connectivity index (χ3n) is 2.09. The minimum Gasteiger partial charge on any atom is -0.328 e. The Morgan fingerprint density at radius 1 is 1.64 bits per heavy atom. The molecular formula is C9H17NO. The second-order valence-electron chi connectivity index (χ2n) is 3.70. The summed E-state index contributed by atoms with van der Waals surface area (Å²) >= 11 is 0. The quantitative estimate of drug-likeness (QED) is 0.653. The van der Waals surface area contributed by atoms with Gasteiger partial charge < -0.3 is 5.73 Å². The van der Waals surface area contributed by atoms with Crippen LogP contribution in [-0.2, 0) is 4.79 Å². The molecule has 1 saturated carbocycles. The Kier molecular flexibility index (Phi) is 3.06. The number of rotatable bonds is 5. The number of Topliss-reactive ketones (excluding diaryl/α,β-unsaturated/α-hetero) is 1. The summed E-state index contributed by atoms with van der Waals surface area (Å²) in [5.41, 5.74) is 5.53. The first kappa shape index (κ1) is 8.72. The zero-order valence-corrected chi connectivity index (χ0v) is 7.18. The molecule has 0 heterocycles. The molecule has 0 saturated heterocycles. The molecule has 2 heteroatoms. The van der Waals surface area contributed by atoms with Gasteiger partial charge in [0.05, 0.1) is 0 Å². The van der Waals surface area contributed by atoms with Crippen molar-refractivity contribution in [3.05, 3.63) is 0 Å². The molecule has 1 unspecified atom stereocenters. The molecule has 0 bridgehead atoms. The first-order valence-corrected chi connectivity index (χ1v) is 4.45. The molecule has 0 amide bonds. The molecule has 0 aromatic rings. The molecule has 0 aromatic heterocycles. The standard InChI is InChI=1S/C9H17NO/c1-7(10)2-5-9(11)6-8-3-4-8/h7-8H,2-6,10H2,1H3. The fourth-order valence-electron chi connectivity index (χ4n) is 1.13. The zero-order chi connectivity index (χ0) is 8.27. The maximum atomic E-state index is 11.1. The topological polar surface area (TPSA) is 43.1 Å². The van der Waals surface area contributed by atoms with E-state index in [1.165, 1.54) is 12.8 Å². The van der Waals surface area contributed by atoms with Crippen molar-refractivity contribution >= 4 is 5.78 Å². The summed E-state index contributed by atoms with van der Waals surface area (Å²) in [6.07, 6.45) is 4.89. The van der Waals surface area contributed by atoms with Crippen LogP contribution in [0.15, 0.2) is 0 Å². The molecule has 1 aliphatic rings. The van der Waals surface area contributed by atoms with Crippen molar-refractivity contribution in [2.24, 2.45) is 11.7 Å². The van der Waals surface area contributed by atoms with Crippen molar-refractivity contribution < 1.29 is 4.79 Å². The van der Waals surface area contributed by atoms with Gasteiger partial charge in [-0.25, -0.2) is 0 Å². The van der Waals surface area contributed by atoms with Crippen molar-refractivity contribution in [1.82, 2.24) is 0 Å². The second-order valence-corrected chi connectivity index (χ2v) is 3.70. The van der Waals surface area contributed by atoms with Crippen LogP contribution in [0.3, 0.4) is 0 Å². The van der Waals surface area contributed by atoms with Crippen molar-refractivity contribution in [1.29, 1.82) is 0 Å². The Morgan fingerprint density at radius 2 is 2.27 bits per heavy atom. The summed E-state index contributed by atoms with van der Waals surface area (Å²) < 4.78 is 0. The van der Waals surface area contributed by atoms with E-state index >= 15 is 0 Å². The predicted molar refractivity (Wildman–Crippen MR) is 45.2 cm³/mol. The molecule has 0 aliphatic heterocycles. The molecule has 1 atom stereocenters. The molecule has 11 heavy (non-hydrogen) atoms. The van der Waals surface area contributed by atoms with Crippen LogP contribution >= 0.6 is 0 Å². The third-order valence-corrected chi connectivity index (χ3v) is 2.09. The minimum atomic E-state index is 0.179. The first-order chi connectivity index (χ1) is 5.18. The first-order valence-electron chi connectivity index (χ1n) is 4.45. The fourth-order valence-corrected chi connectivity index (χ4v) is 1.13. The van der Waals surface area contributed by atoms with Crippen LogP contribution in [0.4, 0.5) is 0 Å². The number of carbonyl (C=O) groups excluding carboxylic acids is 1. The van der Waals surface area contributed by atoms with E-state index in [0.717, 1.165) is 18.8 Å². The summed E-state index contributed by atoms with van der Waals surface area (Å²) in [5.74, 6) is 1.14. The van der Waals surface area contributed by atoms with Crippen molar-refractivity contribution in [2.45, 2.75) is 45.1 Å². The zero-order valence-electron chi connectivity index (χ0n) is 7.18. The van der Waals surface area contributed by atoms with Gasteiger partial charge in [0, 0.05) is 18.9 Å². The number of hydrogen-bond acceptors (Lipinski definition) is 2. The molecule has 0 spiro atoms. The van der Waals surface area contributed by atoms with E-state index in [0.29, 0.717) is 12.2 Å². The van der Waals surface area contributed by atoms with Gasteiger partial charge in [0.1, 0.15) is 5.78 Å². The Morgan fingerprint density at radius 3 is 2.73 bits per heavy atom. The van der Waals surface area contributed by atoms with E-state index in [2.05, 4.69) is 0 Å². The Balaban J connectivity index is 2.00. The smallest absolute Gasteiger partial charge is 0.133 e. The lowest BCUT2D eigenvalue weighted by Gasteiger charge is -2.02. The van der Waals surface area contributed by atoms with E-state index < -0.39 is 0 Å². The van der Waals surface area contributed by atoms with Gasteiger partial charge in [-0.2, -0.15) is 0 Å². The van der Waals surface area contributed by atoms with Gasteiger partial charge in [-0.3, -0.25) is 4.79 Å². The van der Waals surface area contributed by atoms with Crippen LogP contribution in [0, 0.1) is 5.92 Å². The molecule has 0 aromatic carbocycles. The SMILES string of the molecule is CC(N)CCC(=O)CC1CC1. The van der Waals surface area contributed by atoms with Gasteiger partial charge in [0.15, 0.2) is 0 Å². The highest BCUT2D eigenvalue weighted by atomic mass is 16.1. The van der Waals surface area contributed by atoms with E-state index in [9.17, 15) is 4.79 Å². The highest BCUT2D eigenvalue weighted by Crippen LogP contribution is 2.32. The van der Waals surface area contributed by atoms with Gasteiger partial charge in [0.25, 0.3) is 0 Å². The van der Waals surface area contributed by atoms with E-state index in [4.69, 9.17) is 5.73 Å². The van der Waals surface area contributed by atoms with Crippen LogP contribution in [0.2, 0.25) is 0 Å². The molecule has 2 nitrogen and oxygen atoms in total. The molecule has 64 valence electrons. The van der Waals surface area contributed by atoms with Gasteiger partial charge in [-0.1, -0.05) is 0 Å². The lowest BCUT2D eigenvalue weighted by atomic mass is 10.1. The van der Waals surface area contributed by atoms with Crippen molar-refractivity contribution in [2.75, 3.05) is 0 Å². The normalized spacial score (nSPS) is 19.8. The van der Waals surface area contributed by atoms with Crippen molar-refractivity contribution in [3.8, 4) is 0 Å². The Hall–Kier alpha value is -0.370. The molecule has 1 aliphatic carbocycles. The minimum absolute atomic E-state index is 0.179. The summed E-state index contributed by atoms with van der Waals surface area (Å²) in [5, 5.41) is 0. The van der Waals surface area contributed by atoms with Crippen LogP contribution in [0.5, 0.6) is 0 Å². The number of nitrogens with two attached hydrogens (primary N) is 1. The van der Waals surface area contributed by atoms with E-state index in [1.54, 1.807) is 0 Å². The highest BCUT2D eigenvalue weighted by Gasteiger charge is 2.23. The lowest BCUT2D eigenvalue weighted by molar-refractivity contribution is -0.119. The lowest BCUT2D eigenvalue weighted by Crippen LogP contribution is -2.16. The summed E-state index contributed by atoms with van der Waals surface area (Å²) in [7, 11) is 0. The third kappa shape index (κ3) is 4.14. The van der Waals surface area contributed by atoms with Crippen LogP contribution in [0.25, 0.3) is 0 Å². The largest absolute Gasteiger partial charge is 0.328 e. The molecule has 0 radical (unpaired) electrons. The van der Waals surface area contributed by atoms with Gasteiger partial charge in [0.2, 0.25) is 0 Å². The second kappa shape index (κ2) is 3.86. The monoisotopic (exact) mass is 155 g/mol. The molecule has 1 fully saturated rings. The van der Waals surface area contributed by atoms with Crippen LogP contribution < -0.4 is 5.73 Å². The average Bonchev–Trinajstić information content (AvgIpc) is 2.67. The number of ketones is 1. The Bertz CT molecular complexity index is 138. The summed E-state index contributed by atoms with van der Waals surface area (Å²) in [6, 6.07) is 0.179. The highest BCUT2D eigenvalue weighted by molar-refractivity contribution is 5.78. The van der Waals surface area contributed by atoms with Gasteiger partial charge >= 0.3 is 0 Å². The van der Waals surface area contributed by atoms with E-state index in [1.807, 2.05) is 6.92 Å². The van der Waals surface area contributed by atoms with Gasteiger partial charge in [-0.05, 0) is 32.1 Å². The van der Waals surface area contributed by atoms with Gasteiger partial charge in [-0.15, -0.1) is 0 Å². The molecular weight excluding hydrogens is 138 g/mol. The average molecular weight is 155 g/mol. The number of carbonyl (C=O) groups is 1. The summed E-state index contributed by atoms with van der Waals surface area (Å²) in [6.45, 7) is 1.95. The van der Waals surface area contributed by atoms with Crippen LogP contribution in [-0.4, -0.2) is 11.8 Å². The molecule has 2 N–H and O–H groups in total. The maximum Gasteiger partial charge on any atom is 0.133 e. The number of hydrogen-bond donors (Lipinski definition) is 1. The maximum absolute atomic E-state index is 11.1. The molecule has 1 rings (SSSR count).